The molecule has 1 rings (SSSR count). The first kappa shape index (κ1) is 19.7. The number of rotatable bonds is 5. The number of nitrogens with zero attached hydrogens (tertiary/aromatic N) is 1. The number of carbonyl (C=O) groups excluding carboxylic acids is 1. The SMILES string of the molecule is CC(C)(C)c1cc(CC(=O)C(C)(C)S(=O)(=O)CC(F)(F)F)no1. The lowest BCUT2D eigenvalue weighted by atomic mass is 9.92. The second kappa shape index (κ2) is 5.92. The molecule has 0 spiro atoms. The van der Waals surface area contributed by atoms with Gasteiger partial charge in [0, 0.05) is 11.5 Å². The number of carbonyl (C=O) groups is 1. The molecule has 0 aromatic carbocycles. The smallest absolute Gasteiger partial charge is 0.361 e. The Labute approximate surface area is 133 Å². The predicted molar refractivity (Wildman–Crippen MR) is 77.8 cm³/mol. The summed E-state index contributed by atoms with van der Waals surface area (Å²) in [6.07, 6.45) is -5.31. The Hall–Kier alpha value is -1.38. The van der Waals surface area contributed by atoms with Crippen LogP contribution < -0.4 is 0 Å². The highest BCUT2D eigenvalue weighted by Gasteiger charge is 2.47. The van der Waals surface area contributed by atoms with E-state index >= 15 is 0 Å². The zero-order valence-electron chi connectivity index (χ0n) is 13.6. The largest absolute Gasteiger partial charge is 0.402 e. The summed E-state index contributed by atoms with van der Waals surface area (Å²) in [5, 5.41) is 3.68. The molecular weight excluding hydrogens is 335 g/mol. The first-order chi connectivity index (χ1) is 10.1. The van der Waals surface area contributed by atoms with Gasteiger partial charge in [-0.2, -0.15) is 13.2 Å². The topological polar surface area (TPSA) is 77.2 Å². The molecule has 0 fully saturated rings. The van der Waals surface area contributed by atoms with Crippen molar-refractivity contribution in [3.63, 3.8) is 0 Å². The minimum Gasteiger partial charge on any atom is -0.361 e. The second-order valence-electron chi connectivity index (χ2n) is 6.92. The maximum absolute atomic E-state index is 12.4. The average molecular weight is 355 g/mol. The molecule has 0 aliphatic rings. The minimum atomic E-state index is -4.90. The lowest BCUT2D eigenvalue weighted by Gasteiger charge is -2.23. The molecule has 132 valence electrons. The van der Waals surface area contributed by atoms with E-state index in [-0.39, 0.29) is 11.1 Å². The molecule has 0 amide bonds. The van der Waals surface area contributed by atoms with Crippen molar-refractivity contribution in [3.05, 3.63) is 17.5 Å². The van der Waals surface area contributed by atoms with Crippen LogP contribution in [0.25, 0.3) is 0 Å². The van der Waals surface area contributed by atoms with Crippen LogP contribution in [-0.4, -0.2) is 36.0 Å². The normalized spacial score (nSPS) is 14.1. The van der Waals surface area contributed by atoms with E-state index in [2.05, 4.69) is 5.16 Å². The van der Waals surface area contributed by atoms with Crippen molar-refractivity contribution in [2.45, 2.75) is 57.4 Å². The van der Waals surface area contributed by atoms with Crippen LogP contribution in [0.4, 0.5) is 13.2 Å². The molecule has 9 heteroatoms. The number of hydrogen-bond acceptors (Lipinski definition) is 5. The Bertz CT molecular complexity index is 682. The maximum atomic E-state index is 12.4. The van der Waals surface area contributed by atoms with Crippen LogP contribution in [0.5, 0.6) is 0 Å². The lowest BCUT2D eigenvalue weighted by molar-refractivity contribution is -0.120. The van der Waals surface area contributed by atoms with Crippen LogP contribution in [0, 0.1) is 0 Å². The van der Waals surface area contributed by atoms with Gasteiger partial charge in [0.05, 0.1) is 12.1 Å². The molecular formula is C14H20F3NO4S. The van der Waals surface area contributed by atoms with Gasteiger partial charge in [0.25, 0.3) is 0 Å². The third-order valence-electron chi connectivity index (χ3n) is 3.44. The Morgan fingerprint density at radius 3 is 2.09 bits per heavy atom. The second-order valence-corrected chi connectivity index (χ2v) is 9.46. The van der Waals surface area contributed by atoms with Crippen LogP contribution in [0.15, 0.2) is 10.6 Å². The van der Waals surface area contributed by atoms with Crippen molar-refractivity contribution in [3.8, 4) is 0 Å². The predicted octanol–water partition coefficient (Wildman–Crippen LogP) is 2.84. The summed E-state index contributed by atoms with van der Waals surface area (Å²) in [6, 6.07) is 1.50. The molecule has 0 N–H and O–H groups in total. The summed E-state index contributed by atoms with van der Waals surface area (Å²) in [5.74, 6) is -2.41. The van der Waals surface area contributed by atoms with E-state index in [1.807, 2.05) is 20.8 Å². The molecule has 0 aliphatic carbocycles. The van der Waals surface area contributed by atoms with Crippen molar-refractivity contribution in [1.29, 1.82) is 0 Å². The monoisotopic (exact) mass is 355 g/mol. The fourth-order valence-electron chi connectivity index (χ4n) is 1.70. The maximum Gasteiger partial charge on any atom is 0.402 e. The summed E-state index contributed by atoms with van der Waals surface area (Å²) >= 11 is 0. The molecule has 0 atom stereocenters. The Balaban J connectivity index is 2.98. The number of Topliss-reactive ketones (excluding diaryl/α,β-unsaturated/α-hetero) is 1. The van der Waals surface area contributed by atoms with E-state index in [0.717, 1.165) is 13.8 Å². The number of aromatic nitrogens is 1. The highest BCUT2D eigenvalue weighted by Crippen LogP contribution is 2.28. The average Bonchev–Trinajstić information content (AvgIpc) is 2.73. The van der Waals surface area contributed by atoms with E-state index in [4.69, 9.17) is 4.52 Å². The van der Waals surface area contributed by atoms with Crippen molar-refractivity contribution in [2.75, 3.05) is 5.75 Å². The van der Waals surface area contributed by atoms with Gasteiger partial charge < -0.3 is 4.52 Å². The van der Waals surface area contributed by atoms with Gasteiger partial charge in [0.1, 0.15) is 16.3 Å². The number of sulfone groups is 1. The van der Waals surface area contributed by atoms with Crippen molar-refractivity contribution in [2.24, 2.45) is 0 Å². The summed E-state index contributed by atoms with van der Waals surface area (Å²) in [6.45, 7) is 7.52. The minimum absolute atomic E-state index is 0.190. The van der Waals surface area contributed by atoms with E-state index in [1.54, 1.807) is 0 Å². The number of ketones is 1. The summed E-state index contributed by atoms with van der Waals surface area (Å²) in [4.78, 5) is 12.2. The molecule has 23 heavy (non-hydrogen) atoms. The molecule has 1 heterocycles. The highest BCUT2D eigenvalue weighted by molar-refractivity contribution is 7.93. The van der Waals surface area contributed by atoms with Crippen LogP contribution >= 0.6 is 0 Å². The third kappa shape index (κ3) is 4.79. The molecule has 0 saturated carbocycles. The van der Waals surface area contributed by atoms with Crippen LogP contribution in [0.1, 0.15) is 46.1 Å². The fourth-order valence-corrected chi connectivity index (χ4v) is 2.91. The van der Waals surface area contributed by atoms with Gasteiger partial charge in [0.2, 0.25) is 0 Å². The number of alkyl halides is 3. The van der Waals surface area contributed by atoms with Crippen molar-refractivity contribution >= 4 is 15.6 Å². The van der Waals surface area contributed by atoms with Gasteiger partial charge in [-0.3, -0.25) is 4.79 Å². The van der Waals surface area contributed by atoms with E-state index < -0.39 is 38.7 Å². The van der Waals surface area contributed by atoms with Gasteiger partial charge in [-0.25, -0.2) is 8.42 Å². The molecule has 0 bridgehead atoms. The van der Waals surface area contributed by atoms with E-state index in [9.17, 15) is 26.4 Å². The quantitative estimate of drug-likeness (QED) is 0.812. The Morgan fingerprint density at radius 1 is 1.17 bits per heavy atom. The van der Waals surface area contributed by atoms with Crippen molar-refractivity contribution in [1.82, 2.24) is 5.16 Å². The first-order valence-corrected chi connectivity index (χ1v) is 8.50. The molecule has 0 unspecified atom stereocenters. The van der Waals surface area contributed by atoms with Crippen LogP contribution in [0.2, 0.25) is 0 Å². The van der Waals surface area contributed by atoms with Crippen LogP contribution in [0.3, 0.4) is 0 Å². The van der Waals surface area contributed by atoms with Gasteiger partial charge in [-0.1, -0.05) is 25.9 Å². The summed E-state index contributed by atoms with van der Waals surface area (Å²) in [7, 11) is -4.69. The third-order valence-corrected chi connectivity index (χ3v) is 5.93. The molecule has 1 aromatic rings. The van der Waals surface area contributed by atoms with Crippen molar-refractivity contribution < 1.29 is 30.9 Å². The molecule has 0 aliphatic heterocycles. The van der Waals surface area contributed by atoms with Gasteiger partial charge in [-0.15, -0.1) is 0 Å². The van der Waals surface area contributed by atoms with Gasteiger partial charge in [-0.05, 0) is 13.8 Å². The van der Waals surface area contributed by atoms with Gasteiger partial charge >= 0.3 is 6.18 Å². The molecule has 0 radical (unpaired) electrons. The molecule has 0 saturated heterocycles. The van der Waals surface area contributed by atoms with E-state index in [0.29, 0.717) is 5.76 Å². The zero-order valence-corrected chi connectivity index (χ0v) is 14.4. The number of halogens is 3. The lowest BCUT2D eigenvalue weighted by Crippen LogP contribution is -2.45. The fraction of sp³-hybridized carbons (Fsp3) is 0.714. The highest BCUT2D eigenvalue weighted by atomic mass is 32.2. The van der Waals surface area contributed by atoms with Crippen LogP contribution in [-0.2, 0) is 26.5 Å². The summed E-state index contributed by atoms with van der Waals surface area (Å²) in [5.41, 5.74) is -0.165. The van der Waals surface area contributed by atoms with E-state index in [1.165, 1.54) is 6.07 Å². The number of hydrogen-bond donors (Lipinski definition) is 0. The summed E-state index contributed by atoms with van der Waals surface area (Å²) < 4.78 is 63.8. The zero-order chi connectivity index (χ0) is 18.3. The standard InChI is InChI=1S/C14H20F3NO4S/c1-12(2,3)11-7-9(18-22-11)6-10(19)13(4,5)23(20,21)8-14(15,16)17/h7H,6,8H2,1-5H3. The molecule has 5 nitrogen and oxygen atoms in total. The van der Waals surface area contributed by atoms with Gasteiger partial charge in [0.15, 0.2) is 15.6 Å². The molecule has 1 aromatic heterocycles. The first-order valence-electron chi connectivity index (χ1n) is 6.85. The Kier molecular flexibility index (Phi) is 5.06. The Morgan fingerprint density at radius 2 is 1.70 bits per heavy atom.